The number of hydrogen-bond acceptors (Lipinski definition) is 5. The van der Waals surface area contributed by atoms with Crippen LogP contribution >= 0.6 is 23.2 Å². The topological polar surface area (TPSA) is 80.7 Å². The van der Waals surface area contributed by atoms with Crippen molar-refractivity contribution in [3.63, 3.8) is 0 Å². The molecule has 7 heteroatoms. The fourth-order valence-corrected chi connectivity index (χ4v) is 8.75. The number of rotatable bonds is 5. The smallest absolute Gasteiger partial charge is 0.306 e. The zero-order chi connectivity index (χ0) is 24.3. The number of alkyl halides is 2. The average Bonchev–Trinajstić information content (AvgIpc) is 3.00. The van der Waals surface area contributed by atoms with Crippen LogP contribution in [-0.4, -0.2) is 45.6 Å². The highest BCUT2D eigenvalue weighted by atomic mass is 35.5. The molecule has 4 aliphatic rings. The summed E-state index contributed by atoms with van der Waals surface area (Å²) in [6.07, 6.45) is 6.72. The van der Waals surface area contributed by atoms with Gasteiger partial charge in [0.05, 0.1) is 16.4 Å². The highest BCUT2D eigenvalue weighted by Crippen LogP contribution is 2.71. The fraction of sp³-hybridized carbons (Fsp3) is 0.731. The van der Waals surface area contributed by atoms with Crippen LogP contribution in [0.5, 0.6) is 0 Å². The normalized spacial score (nSPS) is 46.2. The van der Waals surface area contributed by atoms with E-state index in [9.17, 15) is 19.5 Å². The number of fused-ring (bicyclic) bond motifs is 5. The van der Waals surface area contributed by atoms with Crippen molar-refractivity contribution < 1.29 is 24.2 Å². The van der Waals surface area contributed by atoms with Gasteiger partial charge in [0.2, 0.25) is 0 Å². The lowest BCUT2D eigenvalue weighted by Gasteiger charge is -2.64. The van der Waals surface area contributed by atoms with E-state index in [0.29, 0.717) is 25.7 Å². The maximum absolute atomic E-state index is 13.3. The Morgan fingerprint density at radius 3 is 2.61 bits per heavy atom. The Kier molecular flexibility index (Phi) is 6.42. The molecule has 0 bridgehead atoms. The molecule has 182 valence electrons. The average molecular weight is 497 g/mol. The summed E-state index contributed by atoms with van der Waals surface area (Å²) >= 11 is 14.3. The van der Waals surface area contributed by atoms with Crippen LogP contribution in [0, 0.1) is 34.5 Å². The van der Waals surface area contributed by atoms with Crippen LogP contribution in [-0.2, 0) is 19.1 Å². The van der Waals surface area contributed by atoms with Crippen LogP contribution in [0.2, 0.25) is 0 Å². The minimum Gasteiger partial charge on any atom is -0.458 e. The van der Waals surface area contributed by atoms with E-state index in [4.69, 9.17) is 27.9 Å². The zero-order valence-corrected chi connectivity index (χ0v) is 21.3. The molecular weight excluding hydrogens is 463 g/mol. The number of carbonyl (C=O) groups excluding carboxylic acids is 3. The predicted octanol–water partition coefficient (Wildman–Crippen LogP) is 4.62. The van der Waals surface area contributed by atoms with Gasteiger partial charge in [0.1, 0.15) is 6.61 Å². The van der Waals surface area contributed by atoms with E-state index in [2.05, 4.69) is 13.8 Å². The first-order valence-electron chi connectivity index (χ1n) is 12.0. The molecule has 1 N–H and O–H groups in total. The van der Waals surface area contributed by atoms with Crippen LogP contribution in [0.1, 0.15) is 59.8 Å². The molecule has 3 fully saturated rings. The number of Topliss-reactive ketones (excluding diaryl/α,β-unsaturated/α-hetero) is 1. The van der Waals surface area contributed by atoms with E-state index in [1.165, 1.54) is 6.08 Å². The molecule has 0 spiro atoms. The van der Waals surface area contributed by atoms with Gasteiger partial charge < -0.3 is 9.84 Å². The minimum absolute atomic E-state index is 0.0746. The molecular formula is C26H34Cl2O5. The van der Waals surface area contributed by atoms with Gasteiger partial charge in [-0.1, -0.05) is 33.8 Å². The standard InChI is InChI=1S/C26H34Cl2O5/c1-5-6-22(32)33-13-20(30)23-14(2)9-16-17-11-19(27)18-10-15(29)7-8-25(18,4)26(17,28)21(31)12-24(16,23)3/h7-8,10,14,16-17,19,21,23,31H,5-6,9,11-13H2,1-4H3/t14-,16+,17+,19+,21+,23-,24+,25+,26+/m1/s1. The van der Waals surface area contributed by atoms with Gasteiger partial charge in [-0.2, -0.15) is 0 Å². The van der Waals surface area contributed by atoms with E-state index in [-0.39, 0.29) is 53.2 Å². The van der Waals surface area contributed by atoms with E-state index in [1.807, 2.05) is 19.9 Å². The molecule has 0 radical (unpaired) electrons. The van der Waals surface area contributed by atoms with Gasteiger partial charge in [0.15, 0.2) is 11.6 Å². The van der Waals surface area contributed by atoms with E-state index in [0.717, 1.165) is 12.0 Å². The second-order valence-corrected chi connectivity index (χ2v) is 12.2. The second-order valence-electron chi connectivity index (χ2n) is 11.0. The molecule has 0 aromatic carbocycles. The number of aliphatic hydroxyl groups is 1. The van der Waals surface area contributed by atoms with Crippen LogP contribution in [0.25, 0.3) is 0 Å². The summed E-state index contributed by atoms with van der Waals surface area (Å²) < 4.78 is 5.25. The van der Waals surface area contributed by atoms with Crippen molar-refractivity contribution in [2.24, 2.45) is 34.5 Å². The lowest BCUT2D eigenvalue weighted by Crippen LogP contribution is -2.67. The monoisotopic (exact) mass is 496 g/mol. The SMILES string of the molecule is CCCC(=O)OCC(=O)[C@H]1[C@H](C)C[C@H]2[C@@H]3C[C@H](Cl)C4=CC(=O)C=C[C@]4(C)[C@@]3(Cl)[C@@H](O)C[C@@]21C. The number of carbonyl (C=O) groups is 3. The number of esters is 1. The molecule has 3 saturated carbocycles. The van der Waals surface area contributed by atoms with Crippen molar-refractivity contribution >= 4 is 40.7 Å². The van der Waals surface area contributed by atoms with Crippen LogP contribution in [0.3, 0.4) is 0 Å². The lowest BCUT2D eigenvalue weighted by atomic mass is 9.46. The summed E-state index contributed by atoms with van der Waals surface area (Å²) in [4.78, 5) is 36.2. The molecule has 0 heterocycles. The van der Waals surface area contributed by atoms with E-state index >= 15 is 0 Å². The maximum atomic E-state index is 13.3. The quantitative estimate of drug-likeness (QED) is 0.443. The largest absolute Gasteiger partial charge is 0.458 e. The van der Waals surface area contributed by atoms with Crippen LogP contribution in [0.4, 0.5) is 0 Å². The van der Waals surface area contributed by atoms with Gasteiger partial charge in [0.25, 0.3) is 0 Å². The molecule has 4 aliphatic carbocycles. The van der Waals surface area contributed by atoms with Gasteiger partial charge in [0, 0.05) is 17.8 Å². The number of ketones is 2. The summed E-state index contributed by atoms with van der Waals surface area (Å²) in [5.41, 5.74) is -0.454. The number of aliphatic hydroxyl groups excluding tert-OH is 1. The lowest BCUT2D eigenvalue weighted by molar-refractivity contribution is -0.153. The molecule has 5 nitrogen and oxygen atoms in total. The van der Waals surface area contributed by atoms with Crippen molar-refractivity contribution in [1.29, 1.82) is 0 Å². The Bertz CT molecular complexity index is 928. The Morgan fingerprint density at radius 2 is 1.94 bits per heavy atom. The van der Waals surface area contributed by atoms with Gasteiger partial charge in [-0.3, -0.25) is 14.4 Å². The molecule has 0 amide bonds. The Balaban J connectivity index is 1.67. The van der Waals surface area contributed by atoms with Crippen molar-refractivity contribution in [3.8, 4) is 0 Å². The van der Waals surface area contributed by atoms with Crippen molar-refractivity contribution in [1.82, 2.24) is 0 Å². The van der Waals surface area contributed by atoms with E-state index < -0.39 is 21.8 Å². The van der Waals surface area contributed by atoms with Gasteiger partial charge in [-0.15, -0.1) is 23.2 Å². The van der Waals surface area contributed by atoms with E-state index in [1.54, 1.807) is 6.08 Å². The minimum atomic E-state index is -1.02. The first kappa shape index (κ1) is 24.9. The van der Waals surface area contributed by atoms with Crippen molar-refractivity contribution in [3.05, 3.63) is 23.8 Å². The molecule has 0 aromatic heterocycles. The summed E-state index contributed by atoms with van der Waals surface area (Å²) in [7, 11) is 0. The summed E-state index contributed by atoms with van der Waals surface area (Å²) in [6, 6.07) is 0. The summed E-state index contributed by atoms with van der Waals surface area (Å²) in [5, 5.41) is 11.2. The zero-order valence-electron chi connectivity index (χ0n) is 19.8. The molecule has 0 unspecified atom stereocenters. The molecule has 9 atom stereocenters. The van der Waals surface area contributed by atoms with Gasteiger partial charge in [-0.25, -0.2) is 0 Å². The van der Waals surface area contributed by atoms with Crippen molar-refractivity contribution in [2.75, 3.05) is 6.61 Å². The molecule has 33 heavy (non-hydrogen) atoms. The first-order chi connectivity index (χ1) is 15.4. The number of hydrogen-bond donors (Lipinski definition) is 1. The Hall–Kier alpha value is -1.17. The van der Waals surface area contributed by atoms with Crippen LogP contribution < -0.4 is 0 Å². The highest BCUT2D eigenvalue weighted by molar-refractivity contribution is 6.28. The third-order valence-corrected chi connectivity index (χ3v) is 10.5. The third kappa shape index (κ3) is 3.56. The Labute approximate surface area is 205 Å². The van der Waals surface area contributed by atoms with Gasteiger partial charge >= 0.3 is 5.97 Å². The second kappa shape index (κ2) is 8.49. The first-order valence-corrected chi connectivity index (χ1v) is 12.9. The maximum Gasteiger partial charge on any atom is 0.306 e. The number of halogens is 2. The molecule has 0 aromatic rings. The fourth-order valence-electron chi connectivity index (χ4n) is 7.77. The Morgan fingerprint density at radius 1 is 1.24 bits per heavy atom. The third-order valence-electron chi connectivity index (χ3n) is 9.14. The summed E-state index contributed by atoms with van der Waals surface area (Å²) in [6.45, 7) is 7.78. The predicted molar refractivity (Wildman–Crippen MR) is 127 cm³/mol. The van der Waals surface area contributed by atoms with Crippen LogP contribution in [0.15, 0.2) is 23.8 Å². The number of ether oxygens (including phenoxy) is 1. The van der Waals surface area contributed by atoms with Crippen molar-refractivity contribution in [2.45, 2.75) is 76.2 Å². The molecule has 4 rings (SSSR count). The molecule has 0 saturated heterocycles. The number of allylic oxidation sites excluding steroid dienone is 4. The summed E-state index contributed by atoms with van der Waals surface area (Å²) in [5.74, 6) is -0.845. The van der Waals surface area contributed by atoms with Gasteiger partial charge in [-0.05, 0) is 66.6 Å². The molecule has 0 aliphatic heterocycles. The highest BCUT2D eigenvalue weighted by Gasteiger charge is 2.71.